The number of nitrogens with zero attached hydrogens (tertiary/aromatic N) is 1. The molecule has 0 spiro atoms. The number of aliphatic hydroxyl groups is 1. The molecule has 1 saturated heterocycles. The fourth-order valence-corrected chi connectivity index (χ4v) is 3.61. The number of carboxylic acids is 1. The van der Waals surface area contributed by atoms with E-state index < -0.39 is 12.1 Å². The predicted octanol–water partition coefficient (Wildman–Crippen LogP) is 2.97. The maximum Gasteiger partial charge on any atom is 0.303 e. The largest absolute Gasteiger partial charge is 0.504 e. The van der Waals surface area contributed by atoms with Crippen molar-refractivity contribution in [2.75, 3.05) is 6.54 Å². The standard InChI is InChI=1S/C22H31NO6/c24-18(14-16-9-12-19(25)20(26)15-16)11-10-17-6-5-7-21(27)23(17)13-4-2-1-3-8-22(28)29/h9-12,15,17-18,24-26H,1-8,13-14H2,(H,28,29)/t17-,18-/m1/s1. The number of amides is 1. The van der Waals surface area contributed by atoms with Gasteiger partial charge in [0.1, 0.15) is 0 Å². The van der Waals surface area contributed by atoms with Crippen molar-refractivity contribution < 1.29 is 30.0 Å². The minimum atomic E-state index is -0.775. The van der Waals surface area contributed by atoms with Gasteiger partial charge < -0.3 is 25.3 Å². The van der Waals surface area contributed by atoms with E-state index in [2.05, 4.69) is 0 Å². The van der Waals surface area contributed by atoms with Crippen molar-refractivity contribution in [3.05, 3.63) is 35.9 Å². The topological polar surface area (TPSA) is 118 Å². The Hall–Kier alpha value is -2.54. The van der Waals surface area contributed by atoms with Gasteiger partial charge in [-0.05, 0) is 43.4 Å². The van der Waals surface area contributed by atoms with Gasteiger partial charge in [0.05, 0.1) is 12.1 Å². The molecular weight excluding hydrogens is 374 g/mol. The van der Waals surface area contributed by atoms with E-state index >= 15 is 0 Å². The Labute approximate surface area is 171 Å². The molecule has 2 rings (SSSR count). The molecule has 0 radical (unpaired) electrons. The van der Waals surface area contributed by atoms with Gasteiger partial charge in [0.25, 0.3) is 0 Å². The number of likely N-dealkylation sites (tertiary alicyclic amines) is 1. The number of phenolic OH excluding ortho intramolecular Hbond substituents is 2. The fourth-order valence-electron chi connectivity index (χ4n) is 3.61. The second-order valence-corrected chi connectivity index (χ2v) is 7.58. The first kappa shape index (κ1) is 22.7. The summed E-state index contributed by atoms with van der Waals surface area (Å²) in [6, 6.07) is 4.41. The van der Waals surface area contributed by atoms with Gasteiger partial charge in [-0.25, -0.2) is 0 Å². The molecule has 1 amide bonds. The highest BCUT2D eigenvalue weighted by atomic mass is 16.4. The molecule has 0 saturated carbocycles. The Morgan fingerprint density at radius 3 is 2.66 bits per heavy atom. The number of hydrogen-bond donors (Lipinski definition) is 4. The first-order chi connectivity index (χ1) is 13.9. The Morgan fingerprint density at radius 1 is 1.17 bits per heavy atom. The Morgan fingerprint density at radius 2 is 1.93 bits per heavy atom. The normalized spacial score (nSPS) is 18.3. The number of aliphatic hydroxyl groups excluding tert-OH is 1. The average Bonchev–Trinajstić information content (AvgIpc) is 2.67. The number of unbranched alkanes of at least 4 members (excludes halogenated alkanes) is 3. The molecule has 1 aromatic carbocycles. The van der Waals surface area contributed by atoms with E-state index in [0.717, 1.165) is 32.1 Å². The number of carbonyl (C=O) groups is 2. The number of piperidine rings is 1. The zero-order valence-corrected chi connectivity index (χ0v) is 16.7. The Balaban J connectivity index is 1.84. The lowest BCUT2D eigenvalue weighted by molar-refractivity contribution is -0.137. The number of hydrogen-bond acceptors (Lipinski definition) is 5. The van der Waals surface area contributed by atoms with Crippen LogP contribution in [0.25, 0.3) is 0 Å². The molecule has 2 atom stereocenters. The van der Waals surface area contributed by atoms with E-state index in [1.807, 2.05) is 11.0 Å². The third kappa shape index (κ3) is 7.77. The zero-order valence-electron chi connectivity index (χ0n) is 16.7. The first-order valence-corrected chi connectivity index (χ1v) is 10.3. The second kappa shape index (κ2) is 11.5. The smallest absolute Gasteiger partial charge is 0.303 e. The van der Waals surface area contributed by atoms with Crippen LogP contribution in [-0.2, 0) is 16.0 Å². The van der Waals surface area contributed by atoms with Crippen molar-refractivity contribution in [3.63, 3.8) is 0 Å². The van der Waals surface area contributed by atoms with Crippen LogP contribution >= 0.6 is 0 Å². The molecule has 0 bridgehead atoms. The van der Waals surface area contributed by atoms with Gasteiger partial charge in [0, 0.05) is 25.8 Å². The molecule has 4 N–H and O–H groups in total. The summed E-state index contributed by atoms with van der Waals surface area (Å²) in [6.45, 7) is 0.642. The van der Waals surface area contributed by atoms with Crippen LogP contribution in [0.15, 0.2) is 30.4 Å². The minimum Gasteiger partial charge on any atom is -0.504 e. The van der Waals surface area contributed by atoms with E-state index in [0.29, 0.717) is 31.4 Å². The van der Waals surface area contributed by atoms with E-state index in [1.54, 1.807) is 12.1 Å². The summed E-state index contributed by atoms with van der Waals surface area (Å²) in [7, 11) is 0. The number of benzene rings is 1. The number of carboxylic acid groups (broad SMARTS) is 1. The van der Waals surface area contributed by atoms with Crippen LogP contribution in [0, 0.1) is 0 Å². The van der Waals surface area contributed by atoms with Crippen LogP contribution < -0.4 is 0 Å². The number of aliphatic carboxylic acids is 1. The van der Waals surface area contributed by atoms with Gasteiger partial charge in [-0.1, -0.05) is 31.1 Å². The number of phenols is 2. The van der Waals surface area contributed by atoms with Gasteiger partial charge in [-0.15, -0.1) is 0 Å². The first-order valence-electron chi connectivity index (χ1n) is 10.3. The van der Waals surface area contributed by atoms with Crippen LogP contribution in [-0.4, -0.2) is 55.9 Å². The van der Waals surface area contributed by atoms with Crippen LogP contribution in [0.5, 0.6) is 11.5 Å². The van der Waals surface area contributed by atoms with Crippen molar-refractivity contribution in [3.8, 4) is 11.5 Å². The number of rotatable bonds is 11. The number of carbonyl (C=O) groups excluding carboxylic acids is 1. The van der Waals surface area contributed by atoms with Crippen molar-refractivity contribution >= 4 is 11.9 Å². The summed E-state index contributed by atoms with van der Waals surface area (Å²) in [5.74, 6) is -1.07. The predicted molar refractivity (Wildman–Crippen MR) is 109 cm³/mol. The van der Waals surface area contributed by atoms with Gasteiger partial charge in [0.15, 0.2) is 11.5 Å². The molecule has 0 unspecified atom stereocenters. The van der Waals surface area contributed by atoms with Crippen LogP contribution in [0.2, 0.25) is 0 Å². The highest BCUT2D eigenvalue weighted by Crippen LogP contribution is 2.26. The molecule has 160 valence electrons. The van der Waals surface area contributed by atoms with Gasteiger partial charge in [-0.3, -0.25) is 9.59 Å². The molecule has 29 heavy (non-hydrogen) atoms. The molecule has 0 aliphatic carbocycles. The summed E-state index contributed by atoms with van der Waals surface area (Å²) < 4.78 is 0. The van der Waals surface area contributed by atoms with Gasteiger partial charge in [0.2, 0.25) is 5.91 Å². The maximum absolute atomic E-state index is 12.3. The summed E-state index contributed by atoms with van der Waals surface area (Å²) in [4.78, 5) is 24.7. The third-order valence-electron chi connectivity index (χ3n) is 5.19. The van der Waals surface area contributed by atoms with Crippen molar-refractivity contribution in [2.24, 2.45) is 0 Å². The highest BCUT2D eigenvalue weighted by molar-refractivity contribution is 5.77. The highest BCUT2D eigenvalue weighted by Gasteiger charge is 2.25. The average molecular weight is 405 g/mol. The monoisotopic (exact) mass is 405 g/mol. The zero-order chi connectivity index (χ0) is 21.2. The van der Waals surface area contributed by atoms with E-state index in [4.69, 9.17) is 5.11 Å². The van der Waals surface area contributed by atoms with Crippen molar-refractivity contribution in [1.82, 2.24) is 4.90 Å². The molecule has 7 heteroatoms. The van der Waals surface area contributed by atoms with Crippen LogP contribution in [0.3, 0.4) is 0 Å². The summed E-state index contributed by atoms with van der Waals surface area (Å²) in [5, 5.41) is 37.9. The van der Waals surface area contributed by atoms with Crippen molar-refractivity contribution in [2.45, 2.75) is 69.9 Å². The Bertz CT molecular complexity index is 717. The van der Waals surface area contributed by atoms with E-state index in [-0.39, 0.29) is 29.9 Å². The van der Waals surface area contributed by atoms with Crippen LogP contribution in [0.4, 0.5) is 0 Å². The minimum absolute atomic E-state index is 0.0434. The molecule has 1 heterocycles. The van der Waals surface area contributed by atoms with Gasteiger partial charge in [-0.2, -0.15) is 0 Å². The SMILES string of the molecule is O=C(O)CCCCCCN1C(=O)CCC[C@@H]1C=C[C@@H](O)Cc1ccc(O)c(O)c1. The molecule has 1 aromatic rings. The molecule has 7 nitrogen and oxygen atoms in total. The van der Waals surface area contributed by atoms with E-state index in [1.165, 1.54) is 12.1 Å². The third-order valence-corrected chi connectivity index (χ3v) is 5.19. The van der Waals surface area contributed by atoms with E-state index in [9.17, 15) is 24.9 Å². The lowest BCUT2D eigenvalue weighted by Gasteiger charge is -2.34. The molecule has 0 aromatic heterocycles. The Kier molecular flexibility index (Phi) is 8.99. The molecular formula is C22H31NO6. The lowest BCUT2D eigenvalue weighted by Crippen LogP contribution is -2.43. The quantitative estimate of drug-likeness (QED) is 0.255. The lowest BCUT2D eigenvalue weighted by atomic mass is 9.99. The maximum atomic E-state index is 12.3. The van der Waals surface area contributed by atoms with Crippen molar-refractivity contribution in [1.29, 1.82) is 0 Å². The molecule has 1 aliphatic rings. The number of aromatic hydroxyl groups is 2. The van der Waals surface area contributed by atoms with Crippen LogP contribution in [0.1, 0.15) is 56.9 Å². The molecule has 1 aliphatic heterocycles. The van der Waals surface area contributed by atoms with Gasteiger partial charge >= 0.3 is 5.97 Å². The summed E-state index contributed by atoms with van der Waals surface area (Å²) in [6.07, 6.45) is 8.74. The summed E-state index contributed by atoms with van der Waals surface area (Å²) >= 11 is 0. The second-order valence-electron chi connectivity index (χ2n) is 7.58. The summed E-state index contributed by atoms with van der Waals surface area (Å²) in [5.41, 5.74) is 0.704. The molecule has 1 fully saturated rings. The fraction of sp³-hybridized carbons (Fsp3) is 0.545.